The van der Waals surface area contributed by atoms with Gasteiger partial charge < -0.3 is 19.3 Å². The van der Waals surface area contributed by atoms with Crippen molar-refractivity contribution in [2.75, 3.05) is 19.6 Å². The van der Waals surface area contributed by atoms with E-state index in [1.165, 1.54) is 0 Å². The molecule has 0 bridgehead atoms. The molecule has 0 rings (SSSR count). The van der Waals surface area contributed by atoms with Gasteiger partial charge in [-0.2, -0.15) is 0 Å². The van der Waals surface area contributed by atoms with Crippen molar-refractivity contribution >= 4 is 25.2 Å². The first-order valence-electron chi connectivity index (χ1n) is 7.29. The minimum Gasteiger partial charge on any atom is -0.437 e. The minimum atomic E-state index is -2.03. The number of rotatable bonds is 10. The van der Waals surface area contributed by atoms with Gasteiger partial charge in [0, 0.05) is 13.1 Å². The molecule has 0 aromatic carbocycles. The van der Waals surface area contributed by atoms with Crippen LogP contribution in [0.1, 0.15) is 6.42 Å². The second-order valence-electron chi connectivity index (χ2n) is 7.20. The molecule has 4 nitrogen and oxygen atoms in total. The van der Waals surface area contributed by atoms with E-state index in [0.717, 1.165) is 25.6 Å². The monoisotopic (exact) mass is 322 g/mol. The van der Waals surface area contributed by atoms with Crippen molar-refractivity contribution in [2.24, 2.45) is 5.73 Å². The van der Waals surface area contributed by atoms with Gasteiger partial charge in [-0.25, -0.2) is 0 Å². The van der Waals surface area contributed by atoms with Gasteiger partial charge in [0.25, 0.3) is 0 Å². The lowest BCUT2D eigenvalue weighted by Gasteiger charge is -2.38. The van der Waals surface area contributed by atoms with E-state index >= 15 is 0 Å². The Bertz CT molecular complexity index is 236. The zero-order chi connectivity index (χ0) is 15.2. The Hall–Kier alpha value is 0.491. The number of nitrogens with one attached hydrogen (secondary N) is 1. The third kappa shape index (κ3) is 12.0. The van der Waals surface area contributed by atoms with E-state index in [1.54, 1.807) is 0 Å². The normalized spacial score (nSPS) is 13.9. The Morgan fingerprint density at radius 2 is 1.32 bits per heavy atom. The number of nitrogens with two attached hydrogens (primary N) is 1. The molecule has 19 heavy (non-hydrogen) atoms. The zero-order valence-electron chi connectivity index (χ0n) is 13.9. The first kappa shape index (κ1) is 19.5. The molecule has 0 amide bonds. The fourth-order valence-electron chi connectivity index (χ4n) is 2.18. The van der Waals surface area contributed by atoms with Crippen LogP contribution in [0.2, 0.25) is 51.9 Å². The predicted octanol–water partition coefficient (Wildman–Crippen LogP) is 2.70. The van der Waals surface area contributed by atoms with Crippen molar-refractivity contribution in [3.8, 4) is 0 Å². The summed E-state index contributed by atoms with van der Waals surface area (Å²) in [6.45, 7) is 18.3. The average molecular weight is 323 g/mol. The van der Waals surface area contributed by atoms with E-state index in [0.29, 0.717) is 6.54 Å². The molecule has 0 radical (unpaired) electrons. The first-order valence-corrected chi connectivity index (χ1v) is 16.6. The smallest absolute Gasteiger partial charge is 0.314 e. The molecule has 7 heteroatoms. The fourth-order valence-corrected chi connectivity index (χ4v) is 14.7. The topological polar surface area (TPSA) is 56.5 Å². The van der Waals surface area contributed by atoms with Gasteiger partial charge in [-0.3, -0.25) is 0 Å². The summed E-state index contributed by atoms with van der Waals surface area (Å²) in [5.74, 6) is 0. The fraction of sp³-hybridized carbons (Fsp3) is 1.00. The van der Waals surface area contributed by atoms with Crippen molar-refractivity contribution in [1.29, 1.82) is 0 Å². The lowest BCUT2D eigenvalue weighted by atomic mass is 10.5. The number of hydrogen-bond acceptors (Lipinski definition) is 4. The van der Waals surface area contributed by atoms with Crippen LogP contribution < -0.4 is 11.1 Å². The summed E-state index contributed by atoms with van der Waals surface area (Å²) in [6.07, 6.45) is 1.11. The van der Waals surface area contributed by atoms with Crippen LogP contribution in [-0.4, -0.2) is 44.8 Å². The maximum atomic E-state index is 6.45. The third-order valence-corrected chi connectivity index (χ3v) is 12.0. The number of hydrogen-bond donors (Lipinski definition) is 2. The quantitative estimate of drug-likeness (QED) is 0.479. The summed E-state index contributed by atoms with van der Waals surface area (Å²) in [5, 5.41) is 3.34. The summed E-state index contributed by atoms with van der Waals surface area (Å²) >= 11 is 0. The largest absolute Gasteiger partial charge is 0.437 e. The molecule has 0 saturated heterocycles. The molecule has 0 spiro atoms. The second kappa shape index (κ2) is 8.06. The molecule has 0 aromatic heterocycles. The van der Waals surface area contributed by atoms with Crippen LogP contribution in [-0.2, 0) is 8.23 Å². The molecular formula is C12H34N2O2Si3. The highest BCUT2D eigenvalue weighted by atomic mass is 28.5. The van der Waals surface area contributed by atoms with E-state index < -0.39 is 25.2 Å². The van der Waals surface area contributed by atoms with Gasteiger partial charge in [0.05, 0.1) is 0 Å². The maximum Gasteiger partial charge on any atom is 0.314 e. The van der Waals surface area contributed by atoms with Gasteiger partial charge in [0.15, 0.2) is 16.6 Å². The molecular weight excluding hydrogens is 288 g/mol. The Kier molecular flexibility index (Phi) is 8.27. The molecule has 0 heterocycles. The van der Waals surface area contributed by atoms with Crippen molar-refractivity contribution in [1.82, 2.24) is 5.32 Å². The molecule has 3 N–H and O–H groups in total. The van der Waals surface area contributed by atoms with Crippen LogP contribution in [0.3, 0.4) is 0 Å². The Morgan fingerprint density at radius 3 is 1.68 bits per heavy atom. The Labute approximate surface area is 123 Å². The van der Waals surface area contributed by atoms with Gasteiger partial charge in [0.1, 0.15) is 0 Å². The van der Waals surface area contributed by atoms with Crippen molar-refractivity contribution in [3.63, 3.8) is 0 Å². The molecule has 0 aliphatic carbocycles. The Balaban J connectivity index is 4.41. The lowest BCUT2D eigenvalue weighted by Crippen LogP contribution is -2.52. The van der Waals surface area contributed by atoms with E-state index in [1.807, 2.05) is 0 Å². The summed E-state index contributed by atoms with van der Waals surface area (Å²) in [6, 6.07) is 1.07. The van der Waals surface area contributed by atoms with Crippen LogP contribution in [0.25, 0.3) is 0 Å². The van der Waals surface area contributed by atoms with Crippen LogP contribution in [0, 0.1) is 0 Å². The summed E-state index contributed by atoms with van der Waals surface area (Å²) in [4.78, 5) is 0. The highest BCUT2D eigenvalue weighted by Gasteiger charge is 2.39. The summed E-state index contributed by atoms with van der Waals surface area (Å²) in [5.41, 5.74) is 5.47. The van der Waals surface area contributed by atoms with Gasteiger partial charge in [-0.05, 0) is 64.8 Å². The minimum absolute atomic E-state index is 0.700. The highest BCUT2D eigenvalue weighted by molar-refractivity contribution is 6.87. The molecule has 0 aliphatic rings. The van der Waals surface area contributed by atoms with Gasteiger partial charge >= 0.3 is 8.56 Å². The summed E-state index contributed by atoms with van der Waals surface area (Å²) < 4.78 is 12.9. The van der Waals surface area contributed by atoms with Crippen LogP contribution in [0.15, 0.2) is 0 Å². The predicted molar refractivity (Wildman–Crippen MR) is 91.8 cm³/mol. The SMILES string of the molecule is C[Si](C)(C)O[Si](C)(CCCNCCN)O[Si](C)(C)C. The molecule has 116 valence electrons. The van der Waals surface area contributed by atoms with E-state index in [-0.39, 0.29) is 0 Å². The first-order chi connectivity index (χ1) is 8.47. The van der Waals surface area contributed by atoms with Gasteiger partial charge in [-0.1, -0.05) is 0 Å². The molecule has 0 aliphatic heterocycles. The maximum absolute atomic E-state index is 6.45. The lowest BCUT2D eigenvalue weighted by molar-refractivity contribution is 0.381. The van der Waals surface area contributed by atoms with Gasteiger partial charge in [-0.15, -0.1) is 0 Å². The van der Waals surface area contributed by atoms with Crippen LogP contribution in [0.5, 0.6) is 0 Å². The van der Waals surface area contributed by atoms with Crippen LogP contribution >= 0.6 is 0 Å². The molecule has 0 atom stereocenters. The Morgan fingerprint density at radius 1 is 0.842 bits per heavy atom. The van der Waals surface area contributed by atoms with Crippen LogP contribution in [0.4, 0.5) is 0 Å². The molecule has 0 saturated carbocycles. The molecule has 0 fully saturated rings. The highest BCUT2D eigenvalue weighted by Crippen LogP contribution is 2.25. The standard InChI is InChI=1S/C12H34N2O2Si3/c1-17(2,3)15-19(7,16-18(4,5)6)12-8-10-14-11-9-13/h14H,8-13H2,1-7H3. The average Bonchev–Trinajstić information content (AvgIpc) is 2.10. The van der Waals surface area contributed by atoms with Crippen molar-refractivity contribution < 1.29 is 8.23 Å². The molecule has 0 unspecified atom stereocenters. The van der Waals surface area contributed by atoms with Gasteiger partial charge in [0.2, 0.25) is 0 Å². The zero-order valence-corrected chi connectivity index (χ0v) is 16.9. The van der Waals surface area contributed by atoms with E-state index in [2.05, 4.69) is 51.1 Å². The molecule has 0 aromatic rings. The van der Waals surface area contributed by atoms with Crippen molar-refractivity contribution in [3.05, 3.63) is 0 Å². The third-order valence-electron chi connectivity index (χ3n) is 2.35. The second-order valence-corrected chi connectivity index (χ2v) is 20.1. The van der Waals surface area contributed by atoms with E-state index in [4.69, 9.17) is 14.0 Å². The van der Waals surface area contributed by atoms with E-state index in [9.17, 15) is 0 Å². The van der Waals surface area contributed by atoms with Crippen molar-refractivity contribution in [2.45, 2.75) is 58.3 Å². The summed E-state index contributed by atoms with van der Waals surface area (Å²) in [7, 11) is -5.13.